The summed E-state index contributed by atoms with van der Waals surface area (Å²) in [6.45, 7) is 3.49. The number of nitrogens with zero attached hydrogens (tertiary/aromatic N) is 1. The molecule has 1 aromatic carbocycles. The van der Waals surface area contributed by atoms with Crippen LogP contribution in [0.4, 0.5) is 0 Å². The lowest BCUT2D eigenvalue weighted by Gasteiger charge is -2.12. The molecule has 2 nitrogen and oxygen atoms in total. The number of phenolic OH excluding ortho intramolecular Hbond substituents is 1. The molecule has 2 aromatic rings. The minimum atomic E-state index is 0.412. The topological polar surface area (TPSA) is 23.5 Å². The van der Waals surface area contributed by atoms with Crippen molar-refractivity contribution in [3.05, 3.63) is 29.1 Å². The van der Waals surface area contributed by atoms with Crippen LogP contribution in [0.3, 0.4) is 0 Å². The van der Waals surface area contributed by atoms with Gasteiger partial charge in [0.05, 0.1) is 4.70 Å². The molecule has 0 radical (unpaired) electrons. The summed E-state index contributed by atoms with van der Waals surface area (Å²) < 4.78 is 1.02. The first-order valence-corrected chi connectivity index (χ1v) is 6.57. The maximum atomic E-state index is 9.74. The van der Waals surface area contributed by atoms with Gasteiger partial charge in [-0.1, -0.05) is 12.1 Å². The summed E-state index contributed by atoms with van der Waals surface area (Å²) >= 11 is 1.72. The number of rotatable bonds is 2. The van der Waals surface area contributed by atoms with Gasteiger partial charge in [-0.05, 0) is 43.5 Å². The Hall–Kier alpha value is -1.06. The molecule has 0 unspecified atom stereocenters. The molecule has 3 rings (SSSR count). The van der Waals surface area contributed by atoms with Gasteiger partial charge in [-0.2, -0.15) is 0 Å². The largest absolute Gasteiger partial charge is 0.506 e. The normalized spacial score (nSPS) is 17.2. The van der Waals surface area contributed by atoms with E-state index in [1.807, 2.05) is 6.07 Å². The second-order valence-corrected chi connectivity index (χ2v) is 5.53. The number of thiophene rings is 1. The minimum absolute atomic E-state index is 0.412. The first-order chi connectivity index (χ1) is 7.83. The molecule has 16 heavy (non-hydrogen) atoms. The van der Waals surface area contributed by atoms with E-state index in [-0.39, 0.29) is 0 Å². The van der Waals surface area contributed by atoms with Crippen molar-refractivity contribution in [2.75, 3.05) is 13.1 Å². The molecule has 1 aliphatic rings. The van der Waals surface area contributed by atoms with E-state index in [1.165, 1.54) is 36.2 Å². The number of likely N-dealkylation sites (tertiary alicyclic amines) is 1. The van der Waals surface area contributed by atoms with Crippen molar-refractivity contribution in [3.8, 4) is 5.75 Å². The monoisotopic (exact) mass is 233 g/mol. The van der Waals surface area contributed by atoms with Crippen LogP contribution in [0.15, 0.2) is 24.3 Å². The molecular formula is C13H15NOS. The molecule has 84 valence electrons. The number of phenols is 1. The number of hydrogen-bond donors (Lipinski definition) is 1. The zero-order valence-corrected chi connectivity index (χ0v) is 9.96. The SMILES string of the molecule is Oc1cccc2cc(CN3CCCC3)sc12. The van der Waals surface area contributed by atoms with Gasteiger partial charge in [0.25, 0.3) is 0 Å². The number of benzene rings is 1. The van der Waals surface area contributed by atoms with E-state index in [2.05, 4.69) is 17.0 Å². The molecule has 2 heterocycles. The number of fused-ring (bicyclic) bond motifs is 1. The third kappa shape index (κ3) is 1.81. The Balaban J connectivity index is 1.90. The average molecular weight is 233 g/mol. The predicted octanol–water partition coefficient (Wildman–Crippen LogP) is 3.20. The van der Waals surface area contributed by atoms with Gasteiger partial charge in [-0.3, -0.25) is 4.90 Å². The molecule has 1 N–H and O–H groups in total. The zero-order valence-electron chi connectivity index (χ0n) is 9.15. The van der Waals surface area contributed by atoms with Crippen LogP contribution in [0.25, 0.3) is 10.1 Å². The molecule has 1 aromatic heterocycles. The fourth-order valence-electron chi connectivity index (χ4n) is 2.34. The summed E-state index contributed by atoms with van der Waals surface area (Å²) in [6, 6.07) is 7.94. The molecule has 3 heteroatoms. The Morgan fingerprint density at radius 2 is 2.06 bits per heavy atom. The molecule has 0 bridgehead atoms. The molecule has 0 saturated carbocycles. The van der Waals surface area contributed by atoms with Gasteiger partial charge in [0.15, 0.2) is 0 Å². The van der Waals surface area contributed by atoms with Crippen molar-refractivity contribution >= 4 is 21.4 Å². The van der Waals surface area contributed by atoms with Crippen LogP contribution in [0, 0.1) is 0 Å². The van der Waals surface area contributed by atoms with E-state index in [0.29, 0.717) is 5.75 Å². The maximum Gasteiger partial charge on any atom is 0.133 e. The lowest BCUT2D eigenvalue weighted by molar-refractivity contribution is 0.334. The van der Waals surface area contributed by atoms with Crippen LogP contribution >= 0.6 is 11.3 Å². The van der Waals surface area contributed by atoms with Gasteiger partial charge < -0.3 is 5.11 Å². The summed E-state index contributed by atoms with van der Waals surface area (Å²) in [5.74, 6) is 0.412. The molecule has 1 fully saturated rings. The van der Waals surface area contributed by atoms with Gasteiger partial charge >= 0.3 is 0 Å². The Kier molecular flexibility index (Phi) is 2.58. The second-order valence-electron chi connectivity index (χ2n) is 4.39. The number of aromatic hydroxyl groups is 1. The summed E-state index contributed by atoms with van der Waals surface area (Å²) in [5, 5.41) is 10.9. The van der Waals surface area contributed by atoms with Gasteiger partial charge in [0.2, 0.25) is 0 Å². The zero-order chi connectivity index (χ0) is 11.0. The van der Waals surface area contributed by atoms with Crippen LogP contribution in [-0.4, -0.2) is 23.1 Å². The lowest BCUT2D eigenvalue weighted by atomic mass is 10.2. The molecule has 0 spiro atoms. The molecule has 1 saturated heterocycles. The summed E-state index contributed by atoms with van der Waals surface area (Å²) in [7, 11) is 0. The highest BCUT2D eigenvalue weighted by molar-refractivity contribution is 7.19. The Morgan fingerprint density at radius 3 is 2.81 bits per heavy atom. The highest BCUT2D eigenvalue weighted by Gasteiger charge is 2.13. The smallest absolute Gasteiger partial charge is 0.133 e. The molecule has 0 aliphatic carbocycles. The van der Waals surface area contributed by atoms with Gasteiger partial charge in [0.1, 0.15) is 5.75 Å². The summed E-state index contributed by atoms with van der Waals surface area (Å²) in [6.07, 6.45) is 2.66. The van der Waals surface area contributed by atoms with Crippen LogP contribution in [0.1, 0.15) is 17.7 Å². The van der Waals surface area contributed by atoms with Crippen molar-refractivity contribution in [1.29, 1.82) is 0 Å². The third-order valence-corrected chi connectivity index (χ3v) is 4.31. The third-order valence-electron chi connectivity index (χ3n) is 3.15. The summed E-state index contributed by atoms with van der Waals surface area (Å²) in [4.78, 5) is 3.85. The highest BCUT2D eigenvalue weighted by atomic mass is 32.1. The molecule has 1 aliphatic heterocycles. The van der Waals surface area contributed by atoms with E-state index in [1.54, 1.807) is 17.4 Å². The van der Waals surface area contributed by atoms with Crippen LogP contribution < -0.4 is 0 Å². The van der Waals surface area contributed by atoms with Crippen LogP contribution in [0.2, 0.25) is 0 Å². The van der Waals surface area contributed by atoms with Gasteiger partial charge in [-0.15, -0.1) is 11.3 Å². The van der Waals surface area contributed by atoms with Crippen molar-refractivity contribution in [2.45, 2.75) is 19.4 Å². The Bertz CT molecular complexity index is 500. The average Bonchev–Trinajstić information content (AvgIpc) is 2.88. The van der Waals surface area contributed by atoms with Crippen LogP contribution in [0.5, 0.6) is 5.75 Å². The quantitative estimate of drug-likeness (QED) is 0.861. The molecule has 0 amide bonds. The standard InChI is InChI=1S/C13H15NOS/c15-12-5-3-4-10-8-11(16-13(10)12)9-14-6-1-2-7-14/h3-5,8,15H,1-2,6-7,9H2. The fraction of sp³-hybridized carbons (Fsp3) is 0.385. The first kappa shape index (κ1) is 10.1. The molecule has 0 atom stereocenters. The van der Waals surface area contributed by atoms with Crippen molar-refractivity contribution in [3.63, 3.8) is 0 Å². The van der Waals surface area contributed by atoms with E-state index >= 15 is 0 Å². The van der Waals surface area contributed by atoms with E-state index < -0.39 is 0 Å². The lowest BCUT2D eigenvalue weighted by Crippen LogP contribution is -2.17. The fourth-order valence-corrected chi connectivity index (χ4v) is 3.45. The van der Waals surface area contributed by atoms with Crippen molar-refractivity contribution < 1.29 is 5.11 Å². The van der Waals surface area contributed by atoms with Crippen molar-refractivity contribution in [1.82, 2.24) is 4.90 Å². The first-order valence-electron chi connectivity index (χ1n) is 5.76. The second kappa shape index (κ2) is 4.07. The van der Waals surface area contributed by atoms with Gasteiger partial charge in [-0.25, -0.2) is 0 Å². The highest BCUT2D eigenvalue weighted by Crippen LogP contribution is 2.33. The minimum Gasteiger partial charge on any atom is -0.506 e. The van der Waals surface area contributed by atoms with Crippen molar-refractivity contribution in [2.24, 2.45) is 0 Å². The number of hydrogen-bond acceptors (Lipinski definition) is 3. The maximum absolute atomic E-state index is 9.74. The predicted molar refractivity (Wildman–Crippen MR) is 68.0 cm³/mol. The van der Waals surface area contributed by atoms with E-state index in [0.717, 1.165) is 11.2 Å². The van der Waals surface area contributed by atoms with E-state index in [9.17, 15) is 5.11 Å². The van der Waals surface area contributed by atoms with Crippen LogP contribution in [-0.2, 0) is 6.54 Å². The molecular weight excluding hydrogens is 218 g/mol. The Labute approximate surface area is 99.1 Å². The van der Waals surface area contributed by atoms with Gasteiger partial charge in [0, 0.05) is 11.4 Å². The Morgan fingerprint density at radius 1 is 1.25 bits per heavy atom. The summed E-state index contributed by atoms with van der Waals surface area (Å²) in [5.41, 5.74) is 0. The van der Waals surface area contributed by atoms with E-state index in [4.69, 9.17) is 0 Å².